The van der Waals surface area contributed by atoms with Crippen molar-refractivity contribution >= 4 is 21.6 Å². The summed E-state index contributed by atoms with van der Waals surface area (Å²) in [4.78, 5) is 0. The Labute approximate surface area is 122 Å². The van der Waals surface area contributed by atoms with Gasteiger partial charge in [-0.25, -0.2) is 13.1 Å². The number of sulfonamides is 1. The summed E-state index contributed by atoms with van der Waals surface area (Å²) in [6.45, 7) is 0.853. The molecule has 6 nitrogen and oxygen atoms in total. The van der Waals surface area contributed by atoms with Crippen LogP contribution >= 0.6 is 11.6 Å². The summed E-state index contributed by atoms with van der Waals surface area (Å²) in [6, 6.07) is 7.06. The van der Waals surface area contributed by atoms with Gasteiger partial charge in [0, 0.05) is 24.3 Å². The van der Waals surface area contributed by atoms with E-state index in [1.54, 1.807) is 41.3 Å². The van der Waals surface area contributed by atoms with Gasteiger partial charge < -0.3 is 0 Å². The van der Waals surface area contributed by atoms with Crippen LogP contribution in [0.4, 0.5) is 0 Å². The third-order valence-electron chi connectivity index (χ3n) is 3.33. The molecule has 8 heteroatoms. The molecule has 0 spiro atoms. The third kappa shape index (κ3) is 2.56. The minimum Gasteiger partial charge on any atom is -0.247 e. The molecule has 2 heterocycles. The maximum absolute atomic E-state index is 12.3. The van der Waals surface area contributed by atoms with Gasteiger partial charge in [-0.2, -0.15) is 4.31 Å². The zero-order valence-electron chi connectivity index (χ0n) is 10.6. The molecular weight excluding hydrogens is 300 g/mol. The highest BCUT2D eigenvalue weighted by Crippen LogP contribution is 2.27. The SMILES string of the molecule is O=S(=O)(Cc1ccccc1Cl)N1CC(n2ccnn2)C1. The number of nitrogens with zero attached hydrogens (tertiary/aromatic N) is 4. The normalized spacial score (nSPS) is 17.1. The summed E-state index contributed by atoms with van der Waals surface area (Å²) in [7, 11) is -3.34. The Morgan fingerprint density at radius 3 is 2.70 bits per heavy atom. The van der Waals surface area contributed by atoms with Gasteiger partial charge in [-0.3, -0.25) is 0 Å². The zero-order chi connectivity index (χ0) is 14.2. The van der Waals surface area contributed by atoms with Gasteiger partial charge in [0.1, 0.15) is 0 Å². The molecule has 3 rings (SSSR count). The first kappa shape index (κ1) is 13.5. The molecule has 0 unspecified atom stereocenters. The van der Waals surface area contributed by atoms with Crippen molar-refractivity contribution in [1.82, 2.24) is 19.3 Å². The van der Waals surface area contributed by atoms with Gasteiger partial charge in [0.05, 0.1) is 18.0 Å². The van der Waals surface area contributed by atoms with Gasteiger partial charge in [-0.15, -0.1) is 5.10 Å². The van der Waals surface area contributed by atoms with Gasteiger partial charge >= 0.3 is 0 Å². The lowest BCUT2D eigenvalue weighted by Crippen LogP contribution is -2.51. The second kappa shape index (κ2) is 5.16. The van der Waals surface area contributed by atoms with Crippen LogP contribution in [-0.2, 0) is 15.8 Å². The lowest BCUT2D eigenvalue weighted by Gasteiger charge is -2.37. The van der Waals surface area contributed by atoms with Crippen LogP contribution in [0, 0.1) is 0 Å². The third-order valence-corrected chi connectivity index (χ3v) is 5.46. The molecule has 0 atom stereocenters. The molecule has 0 saturated carbocycles. The van der Waals surface area contributed by atoms with E-state index in [9.17, 15) is 8.42 Å². The zero-order valence-corrected chi connectivity index (χ0v) is 12.1. The Hall–Kier alpha value is -1.44. The van der Waals surface area contributed by atoms with Crippen molar-refractivity contribution in [2.75, 3.05) is 13.1 Å². The smallest absolute Gasteiger partial charge is 0.218 e. The van der Waals surface area contributed by atoms with Crippen molar-refractivity contribution in [3.05, 3.63) is 47.2 Å². The Kier molecular flexibility index (Phi) is 3.49. The average molecular weight is 313 g/mol. The van der Waals surface area contributed by atoms with E-state index in [0.717, 1.165) is 0 Å². The van der Waals surface area contributed by atoms with E-state index in [1.807, 2.05) is 0 Å². The highest BCUT2D eigenvalue weighted by Gasteiger charge is 2.37. The highest BCUT2D eigenvalue weighted by molar-refractivity contribution is 7.88. The Morgan fingerprint density at radius 2 is 2.05 bits per heavy atom. The molecule has 2 aromatic rings. The van der Waals surface area contributed by atoms with E-state index in [1.165, 1.54) is 4.31 Å². The van der Waals surface area contributed by atoms with Crippen molar-refractivity contribution in [1.29, 1.82) is 0 Å². The molecule has 0 N–H and O–H groups in total. The minimum absolute atomic E-state index is 0.0681. The molecule has 0 amide bonds. The first-order valence-electron chi connectivity index (χ1n) is 6.13. The lowest BCUT2D eigenvalue weighted by atomic mass is 10.2. The van der Waals surface area contributed by atoms with Crippen LogP contribution < -0.4 is 0 Å². The predicted octanol–water partition coefficient (Wildman–Crippen LogP) is 1.32. The number of rotatable bonds is 4. The molecule has 0 aliphatic carbocycles. The highest BCUT2D eigenvalue weighted by atomic mass is 35.5. The average Bonchev–Trinajstić information content (AvgIpc) is 2.83. The molecule has 106 valence electrons. The van der Waals surface area contributed by atoms with Gasteiger partial charge in [-0.1, -0.05) is 35.0 Å². The fourth-order valence-electron chi connectivity index (χ4n) is 2.13. The molecular formula is C12H13ClN4O2S. The second-order valence-corrected chi connectivity index (χ2v) is 7.08. The van der Waals surface area contributed by atoms with Crippen molar-refractivity contribution in [2.24, 2.45) is 0 Å². The van der Waals surface area contributed by atoms with Crippen LogP contribution in [0.3, 0.4) is 0 Å². The quantitative estimate of drug-likeness (QED) is 0.854. The number of halogens is 1. The first-order valence-corrected chi connectivity index (χ1v) is 8.12. The number of hydrogen-bond donors (Lipinski definition) is 0. The van der Waals surface area contributed by atoms with Gasteiger partial charge in [0.25, 0.3) is 0 Å². The van der Waals surface area contributed by atoms with Crippen LogP contribution in [-0.4, -0.2) is 40.8 Å². The summed E-state index contributed by atoms with van der Waals surface area (Å²) in [6.07, 6.45) is 3.32. The van der Waals surface area contributed by atoms with Crippen molar-refractivity contribution in [2.45, 2.75) is 11.8 Å². The molecule has 1 aliphatic heterocycles. The predicted molar refractivity (Wildman–Crippen MR) is 74.7 cm³/mol. The van der Waals surface area contributed by atoms with Gasteiger partial charge in [0.2, 0.25) is 10.0 Å². The van der Waals surface area contributed by atoms with E-state index in [-0.39, 0.29) is 11.8 Å². The van der Waals surface area contributed by atoms with Crippen molar-refractivity contribution < 1.29 is 8.42 Å². The van der Waals surface area contributed by atoms with E-state index in [4.69, 9.17) is 11.6 Å². The Morgan fingerprint density at radius 1 is 1.30 bits per heavy atom. The number of benzene rings is 1. The van der Waals surface area contributed by atoms with Crippen LogP contribution in [0.1, 0.15) is 11.6 Å². The standard InChI is InChI=1S/C12H13ClN4O2S/c13-12-4-2-1-3-10(12)9-20(18,19)16-7-11(8-16)17-6-5-14-15-17/h1-6,11H,7-9H2. The summed E-state index contributed by atoms with van der Waals surface area (Å²) in [5.41, 5.74) is 0.623. The Bertz CT molecular complexity index is 696. The van der Waals surface area contributed by atoms with Crippen LogP contribution in [0.15, 0.2) is 36.7 Å². The van der Waals surface area contributed by atoms with E-state index in [2.05, 4.69) is 10.3 Å². The summed E-state index contributed by atoms with van der Waals surface area (Å²) in [5, 5.41) is 8.07. The van der Waals surface area contributed by atoms with Crippen LogP contribution in [0.5, 0.6) is 0 Å². The number of hydrogen-bond acceptors (Lipinski definition) is 4. The van der Waals surface area contributed by atoms with Crippen LogP contribution in [0.2, 0.25) is 5.02 Å². The van der Waals surface area contributed by atoms with Gasteiger partial charge in [-0.05, 0) is 11.6 Å². The summed E-state index contributed by atoms with van der Waals surface area (Å²) in [5.74, 6) is -0.0727. The van der Waals surface area contributed by atoms with E-state index < -0.39 is 10.0 Å². The van der Waals surface area contributed by atoms with Crippen molar-refractivity contribution in [3.8, 4) is 0 Å². The van der Waals surface area contributed by atoms with Crippen molar-refractivity contribution in [3.63, 3.8) is 0 Å². The summed E-state index contributed by atoms with van der Waals surface area (Å²) >= 11 is 6.00. The first-order chi connectivity index (χ1) is 9.56. The topological polar surface area (TPSA) is 68.1 Å². The molecule has 1 fully saturated rings. The largest absolute Gasteiger partial charge is 0.247 e. The van der Waals surface area contributed by atoms with E-state index in [0.29, 0.717) is 23.7 Å². The number of aromatic nitrogens is 3. The molecule has 20 heavy (non-hydrogen) atoms. The molecule has 0 bridgehead atoms. The summed E-state index contributed by atoms with van der Waals surface area (Å²) < 4.78 is 27.7. The van der Waals surface area contributed by atoms with E-state index >= 15 is 0 Å². The van der Waals surface area contributed by atoms with Crippen LogP contribution in [0.25, 0.3) is 0 Å². The molecule has 1 aromatic heterocycles. The minimum atomic E-state index is -3.34. The lowest BCUT2D eigenvalue weighted by molar-refractivity contribution is 0.188. The maximum atomic E-state index is 12.3. The molecule has 0 radical (unpaired) electrons. The fraction of sp³-hybridized carbons (Fsp3) is 0.333. The molecule has 1 saturated heterocycles. The Balaban J connectivity index is 1.67. The molecule has 1 aromatic carbocycles. The monoisotopic (exact) mass is 312 g/mol. The second-order valence-electron chi connectivity index (χ2n) is 4.70. The molecule has 1 aliphatic rings. The van der Waals surface area contributed by atoms with Gasteiger partial charge in [0.15, 0.2) is 0 Å². The fourth-order valence-corrected chi connectivity index (χ4v) is 4.03. The maximum Gasteiger partial charge on any atom is 0.218 e.